The van der Waals surface area contributed by atoms with Crippen molar-refractivity contribution in [1.29, 1.82) is 0 Å². The summed E-state index contributed by atoms with van der Waals surface area (Å²) in [6.07, 6.45) is 0. The van der Waals surface area contributed by atoms with Gasteiger partial charge in [-0.1, -0.05) is 12.1 Å². The van der Waals surface area contributed by atoms with Crippen molar-refractivity contribution in [3.8, 4) is 17.2 Å². The van der Waals surface area contributed by atoms with Crippen LogP contribution in [0.4, 0.5) is 4.79 Å². The van der Waals surface area contributed by atoms with E-state index in [1.165, 1.54) is 26.2 Å². The highest BCUT2D eigenvalue weighted by molar-refractivity contribution is 6.08. The van der Waals surface area contributed by atoms with Crippen molar-refractivity contribution in [2.45, 2.75) is 12.5 Å². The number of methoxy groups -OCH3 is 1. The van der Waals surface area contributed by atoms with E-state index in [9.17, 15) is 19.2 Å². The molecule has 0 aliphatic carbocycles. The molecule has 11 heteroatoms. The van der Waals surface area contributed by atoms with Crippen LogP contribution < -0.4 is 30.3 Å². The van der Waals surface area contributed by atoms with Crippen LogP contribution >= 0.6 is 0 Å². The topological polar surface area (TPSA) is 135 Å². The number of urea groups is 1. The van der Waals surface area contributed by atoms with E-state index in [1.54, 1.807) is 30.3 Å². The average molecular weight is 440 g/mol. The number of fused-ring (bicyclic) bond motifs is 1. The van der Waals surface area contributed by atoms with Gasteiger partial charge in [0.15, 0.2) is 11.5 Å². The van der Waals surface area contributed by atoms with E-state index in [4.69, 9.17) is 14.2 Å². The fourth-order valence-electron chi connectivity index (χ4n) is 3.33. The van der Waals surface area contributed by atoms with Gasteiger partial charge < -0.3 is 24.8 Å². The molecule has 166 valence electrons. The van der Waals surface area contributed by atoms with Gasteiger partial charge in [0, 0.05) is 5.56 Å². The Balaban J connectivity index is 1.38. The molecule has 0 spiro atoms. The first-order valence-electron chi connectivity index (χ1n) is 9.60. The van der Waals surface area contributed by atoms with Crippen LogP contribution in [0.15, 0.2) is 42.5 Å². The number of ether oxygens (including phenoxy) is 3. The Morgan fingerprint density at radius 2 is 1.94 bits per heavy atom. The summed E-state index contributed by atoms with van der Waals surface area (Å²) in [7, 11) is 1.49. The van der Waals surface area contributed by atoms with Crippen LogP contribution in [0.5, 0.6) is 17.2 Å². The average Bonchev–Trinajstić information content (AvgIpc) is 3.35. The van der Waals surface area contributed by atoms with Gasteiger partial charge in [0.1, 0.15) is 11.3 Å². The van der Waals surface area contributed by atoms with E-state index in [2.05, 4.69) is 16.1 Å². The highest BCUT2D eigenvalue weighted by Gasteiger charge is 2.50. The number of nitrogens with zero attached hydrogens (tertiary/aromatic N) is 1. The monoisotopic (exact) mass is 440 g/mol. The van der Waals surface area contributed by atoms with Gasteiger partial charge >= 0.3 is 6.03 Å². The first kappa shape index (κ1) is 21.0. The summed E-state index contributed by atoms with van der Waals surface area (Å²) in [6.45, 7) is 1.14. The smallest absolute Gasteiger partial charge is 0.344 e. The van der Waals surface area contributed by atoms with Gasteiger partial charge in [-0.15, -0.1) is 0 Å². The summed E-state index contributed by atoms with van der Waals surface area (Å²) in [5.74, 6) is -0.491. The first-order valence-corrected chi connectivity index (χ1v) is 9.60. The molecule has 2 aliphatic heterocycles. The molecule has 1 fully saturated rings. The number of hydrogen-bond donors (Lipinski definition) is 3. The molecule has 11 nitrogen and oxygen atoms in total. The maximum Gasteiger partial charge on any atom is 0.344 e. The Hall–Kier alpha value is -4.28. The summed E-state index contributed by atoms with van der Waals surface area (Å²) < 4.78 is 15.6. The van der Waals surface area contributed by atoms with E-state index in [-0.39, 0.29) is 12.4 Å². The van der Waals surface area contributed by atoms with E-state index in [0.29, 0.717) is 27.8 Å². The number of imide groups is 1. The predicted octanol–water partition coefficient (Wildman–Crippen LogP) is 0.652. The molecule has 2 heterocycles. The lowest BCUT2D eigenvalue weighted by Gasteiger charge is -2.22. The lowest BCUT2D eigenvalue weighted by Crippen LogP contribution is -2.50. The number of carbonyl (C=O) groups excluding carboxylic acids is 4. The van der Waals surface area contributed by atoms with Crippen molar-refractivity contribution in [2.75, 3.05) is 20.4 Å². The molecule has 0 bridgehead atoms. The summed E-state index contributed by atoms with van der Waals surface area (Å²) in [5, 5.41) is 5.59. The molecule has 32 heavy (non-hydrogen) atoms. The Bertz CT molecular complexity index is 1120. The third kappa shape index (κ3) is 3.75. The maximum atomic E-state index is 12.9. The molecule has 2 aliphatic rings. The molecule has 1 atom stereocenters. The molecule has 3 N–H and O–H groups in total. The molecule has 0 radical (unpaired) electrons. The minimum Gasteiger partial charge on any atom is -0.497 e. The minimum atomic E-state index is -1.39. The highest BCUT2D eigenvalue weighted by Crippen LogP contribution is 2.32. The SMILES string of the molecule is COc1cccc([C@]2(C)NC(=O)N(NC(=O)CNC(=O)c3ccc4c(c3)OCO4)C2=O)c1. The molecular weight excluding hydrogens is 420 g/mol. The summed E-state index contributed by atoms with van der Waals surface area (Å²) in [6, 6.07) is 10.5. The lowest BCUT2D eigenvalue weighted by molar-refractivity contribution is -0.138. The molecule has 0 unspecified atom stereocenters. The number of rotatable bonds is 6. The van der Waals surface area contributed by atoms with Crippen LogP contribution in [-0.2, 0) is 15.1 Å². The van der Waals surface area contributed by atoms with Crippen LogP contribution in [0.25, 0.3) is 0 Å². The van der Waals surface area contributed by atoms with Crippen molar-refractivity contribution >= 4 is 23.8 Å². The Morgan fingerprint density at radius 1 is 1.16 bits per heavy atom. The molecule has 0 saturated carbocycles. The third-order valence-electron chi connectivity index (χ3n) is 5.12. The van der Waals surface area contributed by atoms with E-state index in [1.807, 2.05) is 0 Å². The second-order valence-electron chi connectivity index (χ2n) is 7.21. The van der Waals surface area contributed by atoms with Crippen molar-refractivity contribution in [3.05, 3.63) is 53.6 Å². The van der Waals surface area contributed by atoms with Gasteiger partial charge in [-0.2, -0.15) is 5.01 Å². The van der Waals surface area contributed by atoms with Gasteiger partial charge in [-0.25, -0.2) is 4.79 Å². The highest BCUT2D eigenvalue weighted by atomic mass is 16.7. The Labute approximate surface area is 182 Å². The zero-order valence-electron chi connectivity index (χ0n) is 17.3. The molecule has 2 aromatic rings. The van der Waals surface area contributed by atoms with Crippen molar-refractivity contribution < 1.29 is 33.4 Å². The number of hydrazine groups is 1. The summed E-state index contributed by atoms with van der Waals surface area (Å²) >= 11 is 0. The van der Waals surface area contributed by atoms with E-state index >= 15 is 0 Å². The number of nitrogens with one attached hydrogen (secondary N) is 3. The van der Waals surface area contributed by atoms with Gasteiger partial charge in [0.25, 0.3) is 17.7 Å². The fraction of sp³-hybridized carbons (Fsp3) is 0.238. The van der Waals surface area contributed by atoms with Crippen LogP contribution in [0.3, 0.4) is 0 Å². The van der Waals surface area contributed by atoms with Crippen LogP contribution in [0.1, 0.15) is 22.8 Å². The zero-order valence-corrected chi connectivity index (χ0v) is 17.3. The zero-order chi connectivity index (χ0) is 22.9. The van der Waals surface area contributed by atoms with Crippen LogP contribution in [-0.4, -0.2) is 49.2 Å². The second-order valence-corrected chi connectivity index (χ2v) is 7.21. The number of amides is 5. The predicted molar refractivity (Wildman–Crippen MR) is 109 cm³/mol. The lowest BCUT2D eigenvalue weighted by atomic mass is 9.92. The molecule has 1 saturated heterocycles. The molecule has 2 aromatic carbocycles. The van der Waals surface area contributed by atoms with Crippen molar-refractivity contribution in [3.63, 3.8) is 0 Å². The van der Waals surface area contributed by atoms with Gasteiger partial charge in [-0.3, -0.25) is 19.8 Å². The van der Waals surface area contributed by atoms with E-state index in [0.717, 1.165) is 0 Å². The minimum absolute atomic E-state index is 0.0728. The Morgan fingerprint density at radius 3 is 2.72 bits per heavy atom. The molecule has 0 aromatic heterocycles. The Kier molecular flexibility index (Phi) is 5.31. The number of hydrogen-bond acceptors (Lipinski definition) is 7. The standard InChI is InChI=1S/C21H20N4O7/c1-21(13-4-3-5-14(9-13)30-2)19(28)25(20(29)23-21)24-17(26)10-22-18(27)12-6-7-15-16(8-12)32-11-31-15/h3-9H,10-11H2,1-2H3,(H,22,27)(H,23,29)(H,24,26)/t21-/m0/s1. The third-order valence-corrected chi connectivity index (χ3v) is 5.12. The van der Waals surface area contributed by atoms with Gasteiger partial charge in [0.05, 0.1) is 13.7 Å². The van der Waals surface area contributed by atoms with Gasteiger partial charge in [-0.05, 0) is 42.8 Å². The first-order chi connectivity index (χ1) is 15.3. The summed E-state index contributed by atoms with van der Waals surface area (Å²) in [4.78, 5) is 49.9. The maximum absolute atomic E-state index is 12.9. The quantitative estimate of drug-likeness (QED) is 0.562. The van der Waals surface area contributed by atoms with Crippen molar-refractivity contribution in [2.24, 2.45) is 0 Å². The van der Waals surface area contributed by atoms with E-state index < -0.39 is 35.8 Å². The molecule has 5 amide bonds. The molecule has 4 rings (SSSR count). The van der Waals surface area contributed by atoms with Gasteiger partial charge in [0.2, 0.25) is 6.79 Å². The van der Waals surface area contributed by atoms with Crippen molar-refractivity contribution in [1.82, 2.24) is 21.1 Å². The van der Waals surface area contributed by atoms with Crippen LogP contribution in [0.2, 0.25) is 0 Å². The largest absolute Gasteiger partial charge is 0.497 e. The normalized spacial score (nSPS) is 18.9. The number of carbonyl (C=O) groups is 4. The second kappa shape index (κ2) is 8.10. The molecular formula is C21H20N4O7. The summed E-state index contributed by atoms with van der Waals surface area (Å²) in [5.41, 5.74) is 1.58. The number of benzene rings is 2. The fourth-order valence-corrected chi connectivity index (χ4v) is 3.33. The van der Waals surface area contributed by atoms with Crippen LogP contribution in [0, 0.1) is 0 Å².